The van der Waals surface area contributed by atoms with E-state index in [4.69, 9.17) is 0 Å². The molecule has 0 aromatic heterocycles. The van der Waals surface area contributed by atoms with Gasteiger partial charge in [-0.1, -0.05) is 33.1 Å². The van der Waals surface area contributed by atoms with Gasteiger partial charge in [0.1, 0.15) is 0 Å². The maximum absolute atomic E-state index is 2.49. The van der Waals surface area contributed by atoms with Crippen molar-refractivity contribution in [2.24, 2.45) is 0 Å². The highest BCUT2D eigenvalue weighted by Gasteiger charge is 2.06. The Balaban J connectivity index is 3.39. The molecule has 0 saturated heterocycles. The smallest absolute Gasteiger partial charge is 0.00638 e. The van der Waals surface area contributed by atoms with Crippen molar-refractivity contribution >= 4 is 0 Å². The molecule has 1 nitrogen and oxygen atoms in total. The van der Waals surface area contributed by atoms with Gasteiger partial charge >= 0.3 is 0 Å². The first-order valence-corrected chi connectivity index (χ1v) is 5.42. The molecule has 0 fully saturated rings. The molecule has 0 spiro atoms. The van der Waals surface area contributed by atoms with Crippen LogP contribution in [-0.2, 0) is 0 Å². The van der Waals surface area contributed by atoms with Gasteiger partial charge in [-0.3, -0.25) is 0 Å². The Morgan fingerprint density at radius 1 is 1.08 bits per heavy atom. The fourth-order valence-corrected chi connectivity index (χ4v) is 1.35. The minimum atomic E-state index is 0.775. The molecule has 0 bridgehead atoms. The minimum Gasteiger partial charge on any atom is -0.304 e. The summed E-state index contributed by atoms with van der Waals surface area (Å²) >= 11 is 0. The molecule has 74 valence electrons. The monoisotopic (exact) mass is 171 g/mol. The van der Waals surface area contributed by atoms with Gasteiger partial charge in [0.2, 0.25) is 0 Å². The van der Waals surface area contributed by atoms with Crippen molar-refractivity contribution in [2.75, 3.05) is 13.6 Å². The molecule has 0 aromatic rings. The molecular weight excluding hydrogens is 146 g/mol. The van der Waals surface area contributed by atoms with Crippen LogP contribution in [0.25, 0.3) is 0 Å². The van der Waals surface area contributed by atoms with E-state index in [9.17, 15) is 0 Å². The summed E-state index contributed by atoms with van der Waals surface area (Å²) in [6.45, 7) is 8.12. The van der Waals surface area contributed by atoms with Gasteiger partial charge in [0.15, 0.2) is 0 Å². The zero-order valence-electron chi connectivity index (χ0n) is 9.27. The predicted octanol–water partition coefficient (Wildman–Crippen LogP) is 3.30. The van der Waals surface area contributed by atoms with E-state index in [1.54, 1.807) is 0 Å². The van der Waals surface area contributed by atoms with Gasteiger partial charge < -0.3 is 4.90 Å². The molecule has 0 amide bonds. The molecule has 0 unspecified atom stereocenters. The third-order valence-electron chi connectivity index (χ3n) is 2.59. The maximum Gasteiger partial charge on any atom is 0.00638 e. The van der Waals surface area contributed by atoms with E-state index >= 15 is 0 Å². The van der Waals surface area contributed by atoms with Crippen LogP contribution < -0.4 is 0 Å². The highest BCUT2D eigenvalue weighted by molar-refractivity contribution is 4.62. The van der Waals surface area contributed by atoms with Crippen LogP contribution in [0.4, 0.5) is 0 Å². The van der Waals surface area contributed by atoms with E-state index < -0.39 is 0 Å². The number of rotatable bonds is 7. The van der Waals surface area contributed by atoms with Gasteiger partial charge in [-0.15, -0.1) is 0 Å². The van der Waals surface area contributed by atoms with Gasteiger partial charge in [-0.25, -0.2) is 0 Å². The molecule has 0 aromatic carbocycles. The lowest BCUT2D eigenvalue weighted by atomic mass is 10.1. The van der Waals surface area contributed by atoms with Crippen LogP contribution >= 0.6 is 0 Å². The molecule has 0 heterocycles. The van der Waals surface area contributed by atoms with Crippen LogP contribution in [0.1, 0.15) is 52.9 Å². The predicted molar refractivity (Wildman–Crippen MR) is 56.5 cm³/mol. The summed E-state index contributed by atoms with van der Waals surface area (Å²) in [5.74, 6) is 0. The Labute approximate surface area is 78.1 Å². The van der Waals surface area contributed by atoms with Gasteiger partial charge in [0.05, 0.1) is 0 Å². The van der Waals surface area contributed by atoms with E-state index in [0.29, 0.717) is 0 Å². The molecule has 0 N–H and O–H groups in total. The summed E-state index contributed by atoms with van der Waals surface area (Å²) in [4.78, 5) is 2.49. The third-order valence-corrected chi connectivity index (χ3v) is 2.59. The fraction of sp³-hybridized carbons (Fsp3) is 1.00. The number of unbranched alkanes of at least 4 members (excludes halogenated alkanes) is 2. The Morgan fingerprint density at radius 3 is 2.17 bits per heavy atom. The lowest BCUT2D eigenvalue weighted by Crippen LogP contribution is -2.29. The topological polar surface area (TPSA) is 3.24 Å². The average molecular weight is 171 g/mol. The Bertz CT molecular complexity index is 79.0. The minimum absolute atomic E-state index is 0.775. The van der Waals surface area contributed by atoms with Gasteiger partial charge in [0.25, 0.3) is 0 Å². The fourth-order valence-electron chi connectivity index (χ4n) is 1.35. The van der Waals surface area contributed by atoms with Gasteiger partial charge in [-0.05, 0) is 33.4 Å². The molecule has 1 atom stereocenters. The SMILES string of the molecule is CCCC[C@H](C)N(C)CCCC. The van der Waals surface area contributed by atoms with Crippen LogP contribution in [0.2, 0.25) is 0 Å². The zero-order chi connectivity index (χ0) is 9.40. The summed E-state index contributed by atoms with van der Waals surface area (Å²) in [5.41, 5.74) is 0. The first-order valence-electron chi connectivity index (χ1n) is 5.42. The van der Waals surface area contributed by atoms with Crippen LogP contribution in [0.3, 0.4) is 0 Å². The number of hydrogen-bond acceptors (Lipinski definition) is 1. The van der Waals surface area contributed by atoms with E-state index in [-0.39, 0.29) is 0 Å². The molecular formula is C11H25N. The second kappa shape index (κ2) is 7.60. The van der Waals surface area contributed by atoms with Crippen LogP contribution in [0.15, 0.2) is 0 Å². The summed E-state index contributed by atoms with van der Waals surface area (Å²) < 4.78 is 0. The lowest BCUT2D eigenvalue weighted by molar-refractivity contribution is 0.239. The van der Waals surface area contributed by atoms with E-state index in [1.807, 2.05) is 0 Å². The van der Waals surface area contributed by atoms with Crippen LogP contribution in [-0.4, -0.2) is 24.5 Å². The van der Waals surface area contributed by atoms with Gasteiger partial charge in [0, 0.05) is 6.04 Å². The lowest BCUT2D eigenvalue weighted by Gasteiger charge is -2.24. The molecule has 0 radical (unpaired) electrons. The highest BCUT2D eigenvalue weighted by Crippen LogP contribution is 2.06. The largest absolute Gasteiger partial charge is 0.304 e. The van der Waals surface area contributed by atoms with E-state index in [1.165, 1.54) is 38.6 Å². The molecule has 0 aliphatic heterocycles. The highest BCUT2D eigenvalue weighted by atomic mass is 15.1. The van der Waals surface area contributed by atoms with E-state index in [2.05, 4.69) is 32.7 Å². The Hall–Kier alpha value is -0.0400. The zero-order valence-corrected chi connectivity index (χ0v) is 9.27. The Kier molecular flexibility index (Phi) is 7.58. The van der Waals surface area contributed by atoms with Crippen molar-refractivity contribution in [2.45, 2.75) is 58.9 Å². The normalized spacial score (nSPS) is 13.8. The summed E-state index contributed by atoms with van der Waals surface area (Å²) in [6, 6.07) is 0.775. The van der Waals surface area contributed by atoms with E-state index in [0.717, 1.165) is 6.04 Å². The average Bonchev–Trinajstić information content (AvgIpc) is 2.10. The standard InChI is InChI=1S/C11H25N/c1-5-7-9-11(3)12(4)10-8-6-2/h11H,5-10H2,1-4H3/t11-/m0/s1. The van der Waals surface area contributed by atoms with Crippen molar-refractivity contribution in [1.29, 1.82) is 0 Å². The third kappa shape index (κ3) is 5.59. The van der Waals surface area contributed by atoms with Crippen molar-refractivity contribution in [1.82, 2.24) is 4.90 Å². The second-order valence-electron chi connectivity index (χ2n) is 3.83. The summed E-state index contributed by atoms with van der Waals surface area (Å²) in [7, 11) is 2.25. The summed E-state index contributed by atoms with van der Waals surface area (Å²) in [5, 5.41) is 0. The quantitative estimate of drug-likeness (QED) is 0.568. The van der Waals surface area contributed by atoms with Gasteiger partial charge in [-0.2, -0.15) is 0 Å². The molecule has 0 aliphatic carbocycles. The number of nitrogens with zero attached hydrogens (tertiary/aromatic N) is 1. The molecule has 12 heavy (non-hydrogen) atoms. The first-order chi connectivity index (χ1) is 5.72. The number of hydrogen-bond donors (Lipinski definition) is 0. The maximum atomic E-state index is 2.49. The van der Waals surface area contributed by atoms with Crippen molar-refractivity contribution in [3.05, 3.63) is 0 Å². The second-order valence-corrected chi connectivity index (χ2v) is 3.83. The molecule has 0 saturated carbocycles. The summed E-state index contributed by atoms with van der Waals surface area (Å²) in [6.07, 6.45) is 6.71. The molecule has 1 heteroatoms. The Morgan fingerprint density at radius 2 is 1.67 bits per heavy atom. The van der Waals surface area contributed by atoms with Crippen molar-refractivity contribution < 1.29 is 0 Å². The molecule has 0 aliphatic rings. The van der Waals surface area contributed by atoms with Crippen LogP contribution in [0.5, 0.6) is 0 Å². The van der Waals surface area contributed by atoms with Crippen LogP contribution in [0, 0.1) is 0 Å². The molecule has 0 rings (SSSR count). The van der Waals surface area contributed by atoms with Crippen molar-refractivity contribution in [3.63, 3.8) is 0 Å². The first kappa shape index (κ1) is 12.0. The van der Waals surface area contributed by atoms with Crippen molar-refractivity contribution in [3.8, 4) is 0 Å².